The fourth-order valence-electron chi connectivity index (χ4n) is 2.95. The van der Waals surface area contributed by atoms with Crippen LogP contribution in [0.3, 0.4) is 0 Å². The molecule has 31 heavy (non-hydrogen) atoms. The van der Waals surface area contributed by atoms with Crippen LogP contribution in [-0.2, 0) is 9.53 Å². The van der Waals surface area contributed by atoms with E-state index >= 15 is 0 Å². The van der Waals surface area contributed by atoms with E-state index in [2.05, 4.69) is 5.32 Å². The average molecular weight is 495 g/mol. The minimum absolute atomic E-state index is 0.218. The van der Waals surface area contributed by atoms with Crippen LogP contribution in [0.15, 0.2) is 48.5 Å². The van der Waals surface area contributed by atoms with Gasteiger partial charge in [0, 0.05) is 31.6 Å². The molecule has 0 fully saturated rings. The summed E-state index contributed by atoms with van der Waals surface area (Å²) in [4.78, 5) is 26.2. The molecule has 3 aromatic rings. The van der Waals surface area contributed by atoms with Crippen molar-refractivity contribution in [1.29, 1.82) is 0 Å². The minimum atomic E-state index is -0.503. The van der Waals surface area contributed by atoms with E-state index in [1.165, 1.54) is 17.4 Å². The van der Waals surface area contributed by atoms with Crippen LogP contribution in [0.1, 0.15) is 27.7 Å². The Morgan fingerprint density at radius 2 is 1.74 bits per heavy atom. The fourth-order valence-corrected chi connectivity index (χ4v) is 4.62. The molecule has 0 atom stereocenters. The van der Waals surface area contributed by atoms with E-state index in [4.69, 9.17) is 39.5 Å². The standard InChI is InChI=1S/C23H18Cl3NO3S/c1-3-30-23(29)21-20(15-5-8-16(24)9-6-15)13(2)31-22(21)27-19(28)11-7-14-4-10-17(25)12-18(14)26/h4-12H,3H2,1-2H3,(H,27,28)/b11-7+. The summed E-state index contributed by atoms with van der Waals surface area (Å²) in [6, 6.07) is 12.2. The molecule has 0 aliphatic rings. The summed E-state index contributed by atoms with van der Waals surface area (Å²) < 4.78 is 5.25. The van der Waals surface area contributed by atoms with E-state index in [1.807, 2.05) is 19.1 Å². The molecule has 0 spiro atoms. The summed E-state index contributed by atoms with van der Waals surface area (Å²) in [6.07, 6.45) is 2.93. The van der Waals surface area contributed by atoms with Gasteiger partial charge in [-0.25, -0.2) is 4.79 Å². The molecule has 160 valence electrons. The van der Waals surface area contributed by atoms with Crippen LogP contribution in [0.4, 0.5) is 5.00 Å². The van der Waals surface area contributed by atoms with E-state index in [1.54, 1.807) is 43.3 Å². The molecule has 8 heteroatoms. The van der Waals surface area contributed by atoms with E-state index in [9.17, 15) is 9.59 Å². The summed E-state index contributed by atoms with van der Waals surface area (Å²) in [5, 5.41) is 4.74. The molecule has 1 heterocycles. The van der Waals surface area contributed by atoms with E-state index < -0.39 is 11.9 Å². The number of hydrogen-bond donors (Lipinski definition) is 1. The van der Waals surface area contributed by atoms with Crippen molar-refractivity contribution in [2.45, 2.75) is 13.8 Å². The van der Waals surface area contributed by atoms with Crippen LogP contribution in [0.5, 0.6) is 0 Å². The van der Waals surface area contributed by atoms with Gasteiger partial charge in [0.25, 0.3) is 0 Å². The van der Waals surface area contributed by atoms with Crippen molar-refractivity contribution in [1.82, 2.24) is 0 Å². The number of amides is 1. The number of hydrogen-bond acceptors (Lipinski definition) is 4. The predicted molar refractivity (Wildman–Crippen MR) is 130 cm³/mol. The Balaban J connectivity index is 1.93. The van der Waals surface area contributed by atoms with E-state index in [-0.39, 0.29) is 6.61 Å². The Morgan fingerprint density at radius 3 is 2.39 bits per heavy atom. The summed E-state index contributed by atoms with van der Waals surface area (Å²) in [5.74, 6) is -0.905. The van der Waals surface area contributed by atoms with Gasteiger partial charge in [-0.15, -0.1) is 11.3 Å². The second-order valence-corrected chi connectivity index (χ2v) is 8.96. The van der Waals surface area contributed by atoms with Crippen molar-refractivity contribution in [3.8, 4) is 11.1 Å². The Hall–Kier alpha value is -2.31. The third kappa shape index (κ3) is 5.69. The predicted octanol–water partition coefficient (Wildman–Crippen LogP) is 7.51. The molecule has 1 aromatic heterocycles. The van der Waals surface area contributed by atoms with Crippen LogP contribution in [0.2, 0.25) is 15.1 Å². The molecule has 1 N–H and O–H groups in total. The number of carbonyl (C=O) groups excluding carboxylic acids is 2. The molecule has 0 unspecified atom stereocenters. The van der Waals surface area contributed by atoms with Gasteiger partial charge in [0.15, 0.2) is 0 Å². The van der Waals surface area contributed by atoms with Gasteiger partial charge in [-0.05, 0) is 55.3 Å². The van der Waals surface area contributed by atoms with Crippen molar-refractivity contribution < 1.29 is 14.3 Å². The topological polar surface area (TPSA) is 55.4 Å². The molecule has 0 aliphatic carbocycles. The third-order valence-corrected chi connectivity index (χ3v) is 6.15. The van der Waals surface area contributed by atoms with E-state index in [0.29, 0.717) is 36.8 Å². The summed E-state index contributed by atoms with van der Waals surface area (Å²) in [7, 11) is 0. The lowest BCUT2D eigenvalue weighted by Gasteiger charge is -2.08. The molecule has 2 aromatic carbocycles. The van der Waals surface area contributed by atoms with Gasteiger partial charge < -0.3 is 10.1 Å². The lowest BCUT2D eigenvalue weighted by Crippen LogP contribution is -2.12. The van der Waals surface area contributed by atoms with Gasteiger partial charge in [0.1, 0.15) is 10.6 Å². The first-order valence-corrected chi connectivity index (χ1v) is 11.3. The molecule has 0 saturated heterocycles. The number of ether oxygens (including phenoxy) is 1. The second kappa shape index (κ2) is 10.3. The quantitative estimate of drug-likeness (QED) is 0.285. The summed E-state index contributed by atoms with van der Waals surface area (Å²) in [6.45, 7) is 3.84. The Kier molecular flexibility index (Phi) is 7.79. The molecule has 0 radical (unpaired) electrons. The van der Waals surface area contributed by atoms with Crippen molar-refractivity contribution in [3.63, 3.8) is 0 Å². The highest BCUT2D eigenvalue weighted by Gasteiger charge is 2.25. The number of carbonyl (C=O) groups is 2. The molecule has 0 saturated carbocycles. The Labute approximate surface area is 199 Å². The lowest BCUT2D eigenvalue weighted by atomic mass is 10.0. The first kappa shape index (κ1) is 23.4. The maximum absolute atomic E-state index is 12.7. The zero-order valence-corrected chi connectivity index (χ0v) is 19.8. The van der Waals surface area contributed by atoms with Gasteiger partial charge in [-0.3, -0.25) is 4.79 Å². The molecule has 0 bridgehead atoms. The van der Waals surface area contributed by atoms with Gasteiger partial charge in [0.05, 0.1) is 6.61 Å². The van der Waals surface area contributed by atoms with Crippen LogP contribution in [0.25, 0.3) is 17.2 Å². The van der Waals surface area contributed by atoms with Gasteiger partial charge >= 0.3 is 5.97 Å². The molecule has 1 amide bonds. The highest BCUT2D eigenvalue weighted by atomic mass is 35.5. The first-order valence-electron chi connectivity index (χ1n) is 9.30. The number of aryl methyl sites for hydroxylation is 1. The SMILES string of the molecule is CCOC(=O)c1c(NC(=O)/C=C/c2ccc(Cl)cc2Cl)sc(C)c1-c1ccc(Cl)cc1. The van der Waals surface area contributed by atoms with Crippen LogP contribution >= 0.6 is 46.1 Å². The summed E-state index contributed by atoms with van der Waals surface area (Å²) >= 11 is 19.3. The first-order chi connectivity index (χ1) is 14.8. The van der Waals surface area contributed by atoms with E-state index in [0.717, 1.165) is 10.4 Å². The maximum Gasteiger partial charge on any atom is 0.341 e. The number of esters is 1. The van der Waals surface area contributed by atoms with Crippen molar-refractivity contribution in [3.05, 3.63) is 79.6 Å². The van der Waals surface area contributed by atoms with Crippen molar-refractivity contribution >= 4 is 69.1 Å². The van der Waals surface area contributed by atoms with Gasteiger partial charge in [-0.1, -0.05) is 53.0 Å². The van der Waals surface area contributed by atoms with Crippen molar-refractivity contribution in [2.75, 3.05) is 11.9 Å². The highest BCUT2D eigenvalue weighted by Crippen LogP contribution is 2.40. The molecular formula is C23H18Cl3NO3S. The normalized spacial score (nSPS) is 11.0. The molecule has 0 aliphatic heterocycles. The number of thiophene rings is 1. The minimum Gasteiger partial charge on any atom is -0.462 e. The lowest BCUT2D eigenvalue weighted by molar-refractivity contribution is -0.111. The van der Waals surface area contributed by atoms with Gasteiger partial charge in [0.2, 0.25) is 5.91 Å². The number of halogens is 3. The monoisotopic (exact) mass is 493 g/mol. The van der Waals surface area contributed by atoms with Crippen LogP contribution < -0.4 is 5.32 Å². The number of nitrogens with one attached hydrogen (secondary N) is 1. The smallest absolute Gasteiger partial charge is 0.341 e. The maximum atomic E-state index is 12.7. The molecule has 3 rings (SSSR count). The third-order valence-electron chi connectivity index (χ3n) is 4.31. The highest BCUT2D eigenvalue weighted by molar-refractivity contribution is 7.17. The number of anilines is 1. The zero-order chi connectivity index (χ0) is 22.5. The second-order valence-electron chi connectivity index (χ2n) is 6.45. The Morgan fingerprint density at radius 1 is 1.06 bits per heavy atom. The number of rotatable bonds is 6. The summed E-state index contributed by atoms with van der Waals surface area (Å²) in [5.41, 5.74) is 2.49. The van der Waals surface area contributed by atoms with Crippen molar-refractivity contribution in [2.24, 2.45) is 0 Å². The van der Waals surface area contributed by atoms with Crippen LogP contribution in [-0.4, -0.2) is 18.5 Å². The van der Waals surface area contributed by atoms with Crippen LogP contribution in [0, 0.1) is 6.92 Å². The largest absolute Gasteiger partial charge is 0.462 e. The van der Waals surface area contributed by atoms with Gasteiger partial charge in [-0.2, -0.15) is 0 Å². The fraction of sp³-hybridized carbons (Fsp3) is 0.130. The number of benzene rings is 2. The average Bonchev–Trinajstić information content (AvgIpc) is 3.03. The molecular weight excluding hydrogens is 477 g/mol. The zero-order valence-electron chi connectivity index (χ0n) is 16.7. The Bertz CT molecular complexity index is 1150. The molecule has 4 nitrogen and oxygen atoms in total.